The number of methoxy groups -OCH3 is 1. The third-order valence-electron chi connectivity index (χ3n) is 7.94. The number of nitrogens with one attached hydrogen (secondary N) is 1. The Bertz CT molecular complexity index is 1600. The number of rotatable bonds is 4. The van der Waals surface area contributed by atoms with Crippen LogP contribution >= 0.6 is 0 Å². The first-order valence-corrected chi connectivity index (χ1v) is 13.8. The van der Waals surface area contributed by atoms with E-state index in [0.29, 0.717) is 43.1 Å². The second kappa shape index (κ2) is 9.53. The van der Waals surface area contributed by atoms with Crippen molar-refractivity contribution in [2.45, 2.75) is 46.1 Å². The largest absolute Gasteiger partial charge is 0.493 e. The molecule has 2 fully saturated rings. The van der Waals surface area contributed by atoms with Crippen LogP contribution in [0.2, 0.25) is 0 Å². The first kappa shape index (κ1) is 26.2. The Kier molecular flexibility index (Phi) is 6.23. The standard InChI is InChI=1S/C30H36N6O4/c1-17(2)25-22-9-18(28(37)34-11-20-13-35(14-21(20)12-34)29(38)40-30(3,4)5)7-8-23(22)33-26(25)19-10-24(39-6)27-31-16-32-36(27)15-19/h7-10,15-17,20-21,33H,11-14H2,1-6H3. The van der Waals surface area contributed by atoms with Gasteiger partial charge in [0.05, 0.1) is 12.8 Å². The van der Waals surface area contributed by atoms with Crippen LogP contribution in [0.4, 0.5) is 4.79 Å². The summed E-state index contributed by atoms with van der Waals surface area (Å²) in [6, 6.07) is 7.87. The molecule has 0 spiro atoms. The number of amides is 2. The summed E-state index contributed by atoms with van der Waals surface area (Å²) >= 11 is 0. The smallest absolute Gasteiger partial charge is 0.410 e. The molecule has 10 heteroatoms. The van der Waals surface area contributed by atoms with E-state index in [9.17, 15) is 9.59 Å². The van der Waals surface area contributed by atoms with Gasteiger partial charge in [-0.25, -0.2) is 14.3 Å². The molecule has 2 saturated heterocycles. The third-order valence-corrected chi connectivity index (χ3v) is 7.94. The number of hydrogen-bond acceptors (Lipinski definition) is 6. The van der Waals surface area contributed by atoms with E-state index in [4.69, 9.17) is 9.47 Å². The van der Waals surface area contributed by atoms with E-state index in [2.05, 4.69) is 28.9 Å². The molecule has 1 aromatic carbocycles. The third kappa shape index (κ3) is 4.55. The van der Waals surface area contributed by atoms with Crippen molar-refractivity contribution in [2.24, 2.45) is 11.8 Å². The summed E-state index contributed by atoms with van der Waals surface area (Å²) in [5, 5.41) is 5.34. The van der Waals surface area contributed by atoms with Crippen molar-refractivity contribution in [3.63, 3.8) is 0 Å². The molecule has 0 radical (unpaired) electrons. The SMILES string of the molecule is COc1cc(-c2[nH]c3ccc(C(=O)N4CC5CN(C(=O)OC(C)(C)C)CC5C4)cc3c2C(C)C)cn2ncnc12. The van der Waals surface area contributed by atoms with E-state index in [1.807, 2.05) is 56.1 Å². The van der Waals surface area contributed by atoms with Crippen molar-refractivity contribution in [1.29, 1.82) is 0 Å². The summed E-state index contributed by atoms with van der Waals surface area (Å²) in [6.07, 6.45) is 3.18. The highest BCUT2D eigenvalue weighted by Gasteiger charge is 2.44. The van der Waals surface area contributed by atoms with E-state index in [-0.39, 0.29) is 29.8 Å². The van der Waals surface area contributed by atoms with E-state index in [0.717, 1.165) is 27.7 Å². The van der Waals surface area contributed by atoms with Gasteiger partial charge < -0.3 is 24.3 Å². The number of nitrogens with zero attached hydrogens (tertiary/aromatic N) is 5. The molecule has 2 unspecified atom stereocenters. The molecule has 10 nitrogen and oxygen atoms in total. The highest BCUT2D eigenvalue weighted by molar-refractivity contribution is 6.01. The van der Waals surface area contributed by atoms with Gasteiger partial charge in [0.2, 0.25) is 0 Å². The topological polar surface area (TPSA) is 105 Å². The lowest BCUT2D eigenvalue weighted by Crippen LogP contribution is -2.38. The Morgan fingerprint density at radius 3 is 2.40 bits per heavy atom. The van der Waals surface area contributed by atoms with E-state index >= 15 is 0 Å². The molecule has 1 N–H and O–H groups in total. The molecule has 0 saturated carbocycles. The fraction of sp³-hybridized carbons (Fsp3) is 0.467. The van der Waals surface area contributed by atoms with Gasteiger partial charge >= 0.3 is 6.09 Å². The summed E-state index contributed by atoms with van der Waals surface area (Å²) in [5.74, 6) is 1.42. The van der Waals surface area contributed by atoms with Crippen molar-refractivity contribution in [2.75, 3.05) is 33.3 Å². The summed E-state index contributed by atoms with van der Waals surface area (Å²) < 4.78 is 12.9. The molecule has 2 amide bonds. The maximum atomic E-state index is 13.7. The molecular formula is C30H36N6O4. The van der Waals surface area contributed by atoms with Crippen LogP contribution < -0.4 is 4.74 Å². The number of hydrogen-bond donors (Lipinski definition) is 1. The summed E-state index contributed by atoms with van der Waals surface area (Å²) in [6.45, 7) is 12.5. The lowest BCUT2D eigenvalue weighted by atomic mass is 9.95. The molecule has 6 rings (SSSR count). The van der Waals surface area contributed by atoms with Gasteiger partial charge in [-0.05, 0) is 56.5 Å². The zero-order valence-electron chi connectivity index (χ0n) is 23.9. The second-order valence-corrected chi connectivity index (χ2v) is 12.3. The van der Waals surface area contributed by atoms with Crippen molar-refractivity contribution >= 4 is 28.6 Å². The van der Waals surface area contributed by atoms with Gasteiger partial charge in [0, 0.05) is 66.2 Å². The lowest BCUT2D eigenvalue weighted by molar-refractivity contribution is 0.0275. The first-order chi connectivity index (χ1) is 19.0. The van der Waals surface area contributed by atoms with Gasteiger partial charge in [-0.15, -0.1) is 0 Å². The number of carbonyl (C=O) groups excluding carboxylic acids is 2. The second-order valence-electron chi connectivity index (χ2n) is 12.3. The molecule has 0 aliphatic carbocycles. The number of H-pyrrole nitrogens is 1. The number of likely N-dealkylation sites (tertiary alicyclic amines) is 2. The normalized spacial score (nSPS) is 19.2. The number of ether oxygens (including phenoxy) is 2. The monoisotopic (exact) mass is 544 g/mol. The van der Waals surface area contributed by atoms with Crippen LogP contribution in [0.5, 0.6) is 5.75 Å². The van der Waals surface area contributed by atoms with Crippen molar-refractivity contribution < 1.29 is 19.1 Å². The van der Waals surface area contributed by atoms with Gasteiger partial charge in [0.15, 0.2) is 11.4 Å². The Morgan fingerprint density at radius 1 is 1.05 bits per heavy atom. The van der Waals surface area contributed by atoms with E-state index in [1.54, 1.807) is 16.5 Å². The lowest BCUT2D eigenvalue weighted by Gasteiger charge is -2.26. The maximum Gasteiger partial charge on any atom is 0.410 e. The molecule has 2 atom stereocenters. The molecular weight excluding hydrogens is 508 g/mol. The molecule has 210 valence electrons. The Labute approximate surface area is 233 Å². The molecule has 5 heterocycles. The quantitative estimate of drug-likeness (QED) is 0.390. The van der Waals surface area contributed by atoms with Crippen LogP contribution in [0.3, 0.4) is 0 Å². The Balaban J connectivity index is 1.26. The zero-order valence-corrected chi connectivity index (χ0v) is 23.9. The number of aromatic nitrogens is 4. The summed E-state index contributed by atoms with van der Waals surface area (Å²) in [5.41, 5.74) is 4.83. The number of carbonyl (C=O) groups is 2. The van der Waals surface area contributed by atoms with Crippen LogP contribution in [-0.4, -0.2) is 80.3 Å². The van der Waals surface area contributed by atoms with Gasteiger partial charge in [-0.1, -0.05) is 13.8 Å². The van der Waals surface area contributed by atoms with Crippen LogP contribution in [0.1, 0.15) is 56.5 Å². The average Bonchev–Trinajstić information content (AvgIpc) is 3.67. The number of benzene rings is 1. The number of pyridine rings is 1. The van der Waals surface area contributed by atoms with Crippen molar-refractivity contribution in [3.8, 4) is 17.0 Å². The first-order valence-electron chi connectivity index (χ1n) is 13.8. The zero-order chi connectivity index (χ0) is 28.3. The summed E-state index contributed by atoms with van der Waals surface area (Å²) in [4.78, 5) is 37.8. The van der Waals surface area contributed by atoms with Crippen molar-refractivity contribution in [3.05, 3.63) is 47.9 Å². The Hall–Kier alpha value is -4.08. The molecule has 4 aromatic rings. The van der Waals surface area contributed by atoms with Crippen LogP contribution in [-0.2, 0) is 4.74 Å². The van der Waals surface area contributed by atoms with Gasteiger partial charge in [-0.3, -0.25) is 4.79 Å². The number of aromatic amines is 1. The van der Waals surface area contributed by atoms with Gasteiger partial charge in [0.1, 0.15) is 11.9 Å². The van der Waals surface area contributed by atoms with Crippen LogP contribution in [0, 0.1) is 11.8 Å². The fourth-order valence-corrected chi connectivity index (χ4v) is 6.17. The van der Waals surface area contributed by atoms with Crippen molar-refractivity contribution in [1.82, 2.24) is 29.4 Å². The van der Waals surface area contributed by atoms with Crippen LogP contribution in [0.15, 0.2) is 36.8 Å². The van der Waals surface area contributed by atoms with Gasteiger partial charge in [-0.2, -0.15) is 5.10 Å². The predicted octanol–water partition coefficient (Wildman–Crippen LogP) is 4.95. The number of fused-ring (bicyclic) bond motifs is 3. The van der Waals surface area contributed by atoms with Crippen LogP contribution in [0.25, 0.3) is 27.8 Å². The van der Waals surface area contributed by atoms with E-state index < -0.39 is 5.60 Å². The fourth-order valence-electron chi connectivity index (χ4n) is 6.17. The molecule has 40 heavy (non-hydrogen) atoms. The summed E-state index contributed by atoms with van der Waals surface area (Å²) in [7, 11) is 1.63. The predicted molar refractivity (Wildman–Crippen MR) is 152 cm³/mol. The minimum atomic E-state index is -0.516. The highest BCUT2D eigenvalue weighted by Crippen LogP contribution is 2.38. The maximum absolute atomic E-state index is 13.7. The van der Waals surface area contributed by atoms with E-state index in [1.165, 1.54) is 6.33 Å². The minimum Gasteiger partial charge on any atom is -0.493 e. The van der Waals surface area contributed by atoms with Gasteiger partial charge in [0.25, 0.3) is 5.91 Å². The minimum absolute atomic E-state index is 0.0308. The molecule has 2 aliphatic heterocycles. The highest BCUT2D eigenvalue weighted by atomic mass is 16.6. The Morgan fingerprint density at radius 2 is 1.75 bits per heavy atom. The average molecular weight is 545 g/mol. The molecule has 2 aliphatic rings. The molecule has 0 bridgehead atoms. The molecule has 3 aromatic heterocycles.